The maximum Gasteiger partial charge on any atom is 0.118 e. The summed E-state index contributed by atoms with van der Waals surface area (Å²) in [7, 11) is -3.65. The van der Waals surface area contributed by atoms with Crippen LogP contribution in [-0.2, 0) is 0 Å². The topological polar surface area (TPSA) is 9.23 Å². The minimum Gasteiger partial charge on any atom is -0.490 e. The summed E-state index contributed by atoms with van der Waals surface area (Å²) in [6.45, 7) is 26.8. The Morgan fingerprint density at radius 3 is 2.38 bits per heavy atom. The predicted molar refractivity (Wildman–Crippen MR) is 148 cm³/mol. The van der Waals surface area contributed by atoms with E-state index in [1.54, 1.807) is 10.8 Å². The van der Waals surface area contributed by atoms with Crippen molar-refractivity contribution in [1.82, 2.24) is 0 Å². The monoisotopic (exact) mass is 466 g/mol. The number of allylic oxidation sites excluding steroid dienone is 4. The molecule has 3 heteroatoms. The molecule has 1 aromatic carbocycles. The Morgan fingerprint density at radius 2 is 1.78 bits per heavy atom. The zero-order valence-corrected chi connectivity index (χ0v) is 24.1. The molecule has 0 spiro atoms. The van der Waals surface area contributed by atoms with E-state index in [9.17, 15) is 0 Å². The summed E-state index contributed by atoms with van der Waals surface area (Å²) in [6, 6.07) is 4.93. The van der Waals surface area contributed by atoms with Crippen LogP contribution in [-0.4, -0.2) is 22.8 Å². The van der Waals surface area contributed by atoms with E-state index in [1.165, 1.54) is 35.8 Å². The first-order valence-corrected chi connectivity index (χ1v) is 18.7. The van der Waals surface area contributed by atoms with Crippen LogP contribution in [0, 0.1) is 18.8 Å². The van der Waals surface area contributed by atoms with Gasteiger partial charge in [-0.2, -0.15) is 0 Å². The Kier molecular flexibility index (Phi) is 7.22. The molecule has 1 fully saturated rings. The van der Waals surface area contributed by atoms with Gasteiger partial charge < -0.3 is 4.74 Å². The number of hydrogen-bond donors (Lipinski definition) is 0. The van der Waals surface area contributed by atoms with E-state index >= 15 is 0 Å². The second-order valence-corrected chi connectivity index (χ2v) is 22.2. The van der Waals surface area contributed by atoms with E-state index in [1.807, 2.05) is 6.08 Å². The lowest BCUT2D eigenvalue weighted by Gasteiger charge is -2.42. The SMILES string of the molecule is C=CCOc1c([Si](C)(C)C2C3=CC=CCC3CC2CC)cc(C)cc1[Si](C)(C)C(C)(C)C. The smallest absolute Gasteiger partial charge is 0.118 e. The van der Waals surface area contributed by atoms with Gasteiger partial charge in [0, 0.05) is 0 Å². The standard InChI is InChI=1S/C29H46OSi2/c1-11-17-30-27-25(18-21(3)19-26(27)32(9,10)29(4,5)6)31(7,8)28-22(12-2)20-23-15-13-14-16-24(23)28/h11,13-14,16,18-19,22-23,28H,1,12,15,17,20H2,2-10H3. The van der Waals surface area contributed by atoms with Crippen molar-refractivity contribution >= 4 is 26.5 Å². The number of benzene rings is 1. The highest BCUT2D eigenvalue weighted by atomic mass is 28.3. The van der Waals surface area contributed by atoms with Gasteiger partial charge in [-0.3, -0.25) is 0 Å². The van der Waals surface area contributed by atoms with Gasteiger partial charge in [-0.1, -0.05) is 114 Å². The molecule has 0 saturated heterocycles. The molecule has 2 aliphatic rings. The number of rotatable bonds is 7. The number of ether oxygens (including phenoxy) is 1. The lowest BCUT2D eigenvalue weighted by Crippen LogP contribution is -2.55. The molecule has 32 heavy (non-hydrogen) atoms. The van der Waals surface area contributed by atoms with Crippen molar-refractivity contribution in [3.63, 3.8) is 0 Å². The third kappa shape index (κ3) is 4.40. The van der Waals surface area contributed by atoms with Gasteiger partial charge in [0.25, 0.3) is 0 Å². The molecule has 0 aliphatic heterocycles. The molecule has 1 nitrogen and oxygen atoms in total. The molecule has 0 radical (unpaired) electrons. The zero-order chi connectivity index (χ0) is 23.9. The highest BCUT2D eigenvalue weighted by molar-refractivity contribution is 6.95. The Hall–Kier alpha value is -1.33. The van der Waals surface area contributed by atoms with E-state index in [0.717, 1.165) is 11.8 Å². The molecule has 176 valence electrons. The van der Waals surface area contributed by atoms with Crippen LogP contribution in [0.3, 0.4) is 0 Å². The lowest BCUT2D eigenvalue weighted by atomic mass is 9.94. The van der Waals surface area contributed by atoms with Gasteiger partial charge in [0.05, 0.1) is 16.1 Å². The average molecular weight is 467 g/mol. The second-order valence-electron chi connectivity index (χ2n) is 12.3. The van der Waals surface area contributed by atoms with E-state index in [-0.39, 0.29) is 5.04 Å². The maximum atomic E-state index is 6.62. The number of aryl methyl sites for hydroxylation is 1. The molecule has 3 atom stereocenters. The third-order valence-electron chi connectivity index (χ3n) is 8.86. The van der Waals surface area contributed by atoms with Crippen molar-refractivity contribution in [3.05, 3.63) is 54.2 Å². The van der Waals surface area contributed by atoms with Gasteiger partial charge in [-0.15, -0.1) is 0 Å². The predicted octanol–water partition coefficient (Wildman–Crippen LogP) is 7.49. The fraction of sp³-hybridized carbons (Fsp3) is 0.586. The molecule has 0 amide bonds. The summed E-state index contributed by atoms with van der Waals surface area (Å²) in [5, 5.41) is 3.30. The van der Waals surface area contributed by atoms with Gasteiger partial charge in [0.15, 0.2) is 0 Å². The van der Waals surface area contributed by atoms with Crippen molar-refractivity contribution in [1.29, 1.82) is 0 Å². The van der Waals surface area contributed by atoms with Crippen LogP contribution in [0.25, 0.3) is 0 Å². The number of hydrogen-bond acceptors (Lipinski definition) is 1. The number of fused-ring (bicyclic) bond motifs is 1. The normalized spacial score (nSPS) is 23.7. The summed E-state index contributed by atoms with van der Waals surface area (Å²) in [5.74, 6) is 2.75. The Labute approximate surface area is 200 Å². The fourth-order valence-electron chi connectivity index (χ4n) is 6.05. The molecule has 3 rings (SSSR count). The van der Waals surface area contributed by atoms with Gasteiger partial charge in [-0.25, -0.2) is 0 Å². The first kappa shape index (κ1) is 25.3. The summed E-state index contributed by atoms with van der Waals surface area (Å²) >= 11 is 0. The minimum absolute atomic E-state index is 0.261. The molecular weight excluding hydrogens is 420 g/mol. The van der Waals surface area contributed by atoms with Crippen LogP contribution in [0.1, 0.15) is 52.5 Å². The minimum atomic E-state index is -1.87. The first-order valence-electron chi connectivity index (χ1n) is 12.6. The molecule has 1 saturated carbocycles. The summed E-state index contributed by atoms with van der Waals surface area (Å²) < 4.78 is 6.62. The van der Waals surface area contributed by atoms with Gasteiger partial charge in [-0.05, 0) is 52.6 Å². The van der Waals surface area contributed by atoms with Crippen molar-refractivity contribution in [3.8, 4) is 5.75 Å². The van der Waals surface area contributed by atoms with E-state index < -0.39 is 16.1 Å². The van der Waals surface area contributed by atoms with Crippen molar-refractivity contribution in [2.75, 3.05) is 6.61 Å². The fourth-order valence-corrected chi connectivity index (χ4v) is 12.8. The van der Waals surface area contributed by atoms with Crippen molar-refractivity contribution < 1.29 is 4.74 Å². The van der Waals surface area contributed by atoms with Crippen LogP contribution in [0.5, 0.6) is 5.75 Å². The largest absolute Gasteiger partial charge is 0.490 e. The highest BCUT2D eigenvalue weighted by Crippen LogP contribution is 2.54. The molecular formula is C29H46OSi2. The molecule has 3 unspecified atom stereocenters. The van der Waals surface area contributed by atoms with Crippen molar-refractivity contribution in [2.24, 2.45) is 11.8 Å². The van der Waals surface area contributed by atoms with Gasteiger partial charge >= 0.3 is 0 Å². The maximum absolute atomic E-state index is 6.62. The van der Waals surface area contributed by atoms with E-state index in [0.29, 0.717) is 12.1 Å². The lowest BCUT2D eigenvalue weighted by molar-refractivity contribution is 0.368. The quantitative estimate of drug-likeness (QED) is 0.299. The average Bonchev–Trinajstić information content (AvgIpc) is 3.11. The molecule has 2 aliphatic carbocycles. The summed E-state index contributed by atoms with van der Waals surface area (Å²) in [6.07, 6.45) is 12.9. The van der Waals surface area contributed by atoms with E-state index in [2.05, 4.69) is 97.7 Å². The molecule has 0 N–H and O–H groups in total. The zero-order valence-electron chi connectivity index (χ0n) is 22.1. The molecule has 0 aromatic heterocycles. The Bertz CT molecular complexity index is 914. The Balaban J connectivity index is 2.24. The third-order valence-corrected chi connectivity index (χ3v) is 18.4. The van der Waals surface area contributed by atoms with E-state index in [4.69, 9.17) is 4.74 Å². The van der Waals surface area contributed by atoms with Crippen LogP contribution in [0.2, 0.25) is 36.8 Å². The Morgan fingerprint density at radius 1 is 1.12 bits per heavy atom. The van der Waals surface area contributed by atoms with Crippen LogP contribution in [0.4, 0.5) is 0 Å². The summed E-state index contributed by atoms with van der Waals surface area (Å²) in [5.41, 5.74) is 3.83. The van der Waals surface area contributed by atoms with Crippen LogP contribution < -0.4 is 15.1 Å². The van der Waals surface area contributed by atoms with Crippen molar-refractivity contribution in [2.45, 2.75) is 90.6 Å². The van der Waals surface area contributed by atoms with Crippen LogP contribution >= 0.6 is 0 Å². The first-order chi connectivity index (χ1) is 14.9. The molecule has 1 aromatic rings. The van der Waals surface area contributed by atoms with Gasteiger partial charge in [0.1, 0.15) is 12.4 Å². The second kappa shape index (κ2) is 9.14. The summed E-state index contributed by atoms with van der Waals surface area (Å²) in [4.78, 5) is 0. The highest BCUT2D eigenvalue weighted by Gasteiger charge is 2.49. The molecule has 0 bridgehead atoms. The van der Waals surface area contributed by atoms with Crippen LogP contribution in [0.15, 0.2) is 48.6 Å². The molecule has 0 heterocycles. The van der Waals surface area contributed by atoms with Gasteiger partial charge in [0.2, 0.25) is 0 Å².